The van der Waals surface area contributed by atoms with Gasteiger partial charge in [-0.3, -0.25) is 4.90 Å². The number of hydrogen-bond acceptors (Lipinski definition) is 4. The van der Waals surface area contributed by atoms with Crippen molar-refractivity contribution in [3.63, 3.8) is 0 Å². The Labute approximate surface area is 145 Å². The molecule has 1 aliphatic carbocycles. The number of aromatic nitrogens is 1. The van der Waals surface area contributed by atoms with Crippen molar-refractivity contribution >= 4 is 21.6 Å². The van der Waals surface area contributed by atoms with E-state index in [1.165, 1.54) is 21.7 Å². The van der Waals surface area contributed by atoms with Crippen LogP contribution >= 0.6 is 11.3 Å². The molecule has 1 aromatic heterocycles. The smallest absolute Gasteiger partial charge is 0.111 e. The number of thiazole rings is 1. The molecule has 0 amide bonds. The van der Waals surface area contributed by atoms with Crippen LogP contribution in [-0.2, 0) is 6.42 Å². The van der Waals surface area contributed by atoms with E-state index in [0.29, 0.717) is 6.04 Å². The van der Waals surface area contributed by atoms with Gasteiger partial charge in [0.25, 0.3) is 0 Å². The van der Waals surface area contributed by atoms with E-state index in [0.717, 1.165) is 30.5 Å². The second-order valence-corrected chi connectivity index (χ2v) is 7.89. The Morgan fingerprint density at radius 1 is 1.08 bits per heavy atom. The fraction of sp³-hybridized carbons (Fsp3) is 0.350. The summed E-state index contributed by atoms with van der Waals surface area (Å²) in [5, 5.41) is 12.1. The molecular weight excluding hydrogens is 316 g/mol. The lowest BCUT2D eigenvalue weighted by molar-refractivity contribution is 0.0527. The minimum absolute atomic E-state index is 0.182. The van der Waals surface area contributed by atoms with E-state index in [2.05, 4.69) is 47.4 Å². The van der Waals surface area contributed by atoms with Crippen LogP contribution < -0.4 is 0 Å². The van der Waals surface area contributed by atoms with Crippen LogP contribution in [0.5, 0.6) is 0 Å². The van der Waals surface area contributed by atoms with Crippen molar-refractivity contribution in [3.8, 4) is 0 Å². The quantitative estimate of drug-likeness (QED) is 0.766. The maximum atomic E-state index is 10.8. The van der Waals surface area contributed by atoms with Gasteiger partial charge in [0.15, 0.2) is 0 Å². The molecule has 3 nitrogen and oxygen atoms in total. The summed E-state index contributed by atoms with van der Waals surface area (Å²) < 4.78 is 1.26. The first-order valence-corrected chi connectivity index (χ1v) is 9.50. The average Bonchev–Trinajstić information content (AvgIpc) is 3.31. The Hall–Kier alpha value is -1.75. The van der Waals surface area contributed by atoms with E-state index >= 15 is 0 Å². The summed E-state index contributed by atoms with van der Waals surface area (Å²) in [6, 6.07) is 17.2. The molecule has 1 saturated heterocycles. The van der Waals surface area contributed by atoms with Crippen LogP contribution in [0.25, 0.3) is 10.2 Å². The van der Waals surface area contributed by atoms with E-state index in [1.54, 1.807) is 0 Å². The zero-order chi connectivity index (χ0) is 16.1. The topological polar surface area (TPSA) is 36.4 Å². The second kappa shape index (κ2) is 5.66. The third-order valence-corrected chi connectivity index (χ3v) is 6.62. The van der Waals surface area contributed by atoms with Crippen molar-refractivity contribution < 1.29 is 5.11 Å². The maximum Gasteiger partial charge on any atom is 0.111 e. The Balaban J connectivity index is 1.48. The number of fused-ring (bicyclic) bond motifs is 2. The van der Waals surface area contributed by atoms with E-state index < -0.39 is 0 Å². The van der Waals surface area contributed by atoms with Crippen molar-refractivity contribution in [2.75, 3.05) is 6.54 Å². The van der Waals surface area contributed by atoms with E-state index in [9.17, 15) is 5.11 Å². The first-order chi connectivity index (χ1) is 11.8. The van der Waals surface area contributed by atoms with Gasteiger partial charge in [0.05, 0.1) is 22.4 Å². The fourth-order valence-corrected chi connectivity index (χ4v) is 5.46. The number of aliphatic hydroxyl groups excluding tert-OH is 1. The van der Waals surface area contributed by atoms with Crippen molar-refractivity contribution in [3.05, 3.63) is 64.7 Å². The highest BCUT2D eigenvalue weighted by Gasteiger charge is 2.41. The summed E-state index contributed by atoms with van der Waals surface area (Å²) in [7, 11) is 0. The molecule has 2 aromatic carbocycles. The van der Waals surface area contributed by atoms with Crippen LogP contribution in [0.2, 0.25) is 0 Å². The normalized spacial score (nSPS) is 27.0. The molecule has 0 radical (unpaired) electrons. The molecule has 5 rings (SSSR count). The third kappa shape index (κ3) is 2.21. The fourth-order valence-electron chi connectivity index (χ4n) is 4.34. The van der Waals surface area contributed by atoms with Crippen LogP contribution in [0.3, 0.4) is 0 Å². The first-order valence-electron chi connectivity index (χ1n) is 8.68. The summed E-state index contributed by atoms with van der Waals surface area (Å²) >= 11 is 1.81. The van der Waals surface area contributed by atoms with Gasteiger partial charge in [-0.25, -0.2) is 4.98 Å². The first kappa shape index (κ1) is 14.6. The molecule has 3 aromatic rings. The number of benzene rings is 2. The Kier molecular flexibility index (Phi) is 3.44. The third-order valence-electron chi connectivity index (χ3n) is 5.48. The number of nitrogens with zero attached hydrogens (tertiary/aromatic N) is 2. The van der Waals surface area contributed by atoms with Gasteiger partial charge in [0.1, 0.15) is 5.01 Å². The average molecular weight is 336 g/mol. The lowest BCUT2D eigenvalue weighted by atomic mass is 10.1. The lowest BCUT2D eigenvalue weighted by Crippen LogP contribution is -2.37. The molecule has 0 saturated carbocycles. The van der Waals surface area contributed by atoms with Gasteiger partial charge in [-0.05, 0) is 49.1 Å². The van der Waals surface area contributed by atoms with Crippen molar-refractivity contribution in [1.29, 1.82) is 0 Å². The Morgan fingerprint density at radius 2 is 1.92 bits per heavy atom. The van der Waals surface area contributed by atoms with Gasteiger partial charge in [-0.2, -0.15) is 0 Å². The lowest BCUT2D eigenvalue weighted by Gasteiger charge is -2.31. The number of hydrogen-bond donors (Lipinski definition) is 1. The van der Waals surface area contributed by atoms with E-state index in [-0.39, 0.29) is 12.1 Å². The molecule has 4 heteroatoms. The maximum absolute atomic E-state index is 10.8. The van der Waals surface area contributed by atoms with Crippen molar-refractivity contribution in [2.24, 2.45) is 0 Å². The summed E-state index contributed by atoms with van der Waals surface area (Å²) in [5.74, 6) is 0. The minimum atomic E-state index is -0.379. The van der Waals surface area contributed by atoms with Gasteiger partial charge >= 0.3 is 0 Å². The van der Waals surface area contributed by atoms with E-state index in [1.807, 2.05) is 17.4 Å². The highest BCUT2D eigenvalue weighted by molar-refractivity contribution is 7.18. The molecule has 2 aliphatic rings. The second-order valence-electron chi connectivity index (χ2n) is 6.83. The van der Waals surface area contributed by atoms with Crippen LogP contribution in [0, 0.1) is 0 Å². The molecule has 0 spiro atoms. The van der Waals surface area contributed by atoms with Gasteiger partial charge < -0.3 is 5.11 Å². The minimum Gasteiger partial charge on any atom is -0.387 e. The predicted molar refractivity (Wildman–Crippen MR) is 97.2 cm³/mol. The van der Waals surface area contributed by atoms with Crippen LogP contribution in [0.1, 0.15) is 41.1 Å². The standard InChI is InChI=1S/C20H20N2OS/c23-19-14-7-2-1-6-13(14)12-17(19)22-11-5-9-16(22)20-21-15-8-3-4-10-18(15)24-20/h1-4,6-8,10,16-17,19,23H,5,9,11-12H2. The van der Waals surface area contributed by atoms with Gasteiger partial charge in [0, 0.05) is 6.04 Å². The SMILES string of the molecule is OC1c2ccccc2CC1N1CCCC1c1nc2ccccc2s1. The zero-order valence-electron chi connectivity index (χ0n) is 13.4. The summed E-state index contributed by atoms with van der Waals surface area (Å²) in [4.78, 5) is 7.39. The highest BCUT2D eigenvalue weighted by Crippen LogP contribution is 2.43. The summed E-state index contributed by atoms with van der Waals surface area (Å²) in [5.41, 5.74) is 3.50. The van der Waals surface area contributed by atoms with Crippen LogP contribution in [-0.4, -0.2) is 27.6 Å². The van der Waals surface area contributed by atoms with Gasteiger partial charge in [-0.15, -0.1) is 11.3 Å². The molecule has 0 bridgehead atoms. The van der Waals surface area contributed by atoms with Gasteiger partial charge in [0.2, 0.25) is 0 Å². The summed E-state index contributed by atoms with van der Waals surface area (Å²) in [6.07, 6.45) is 2.88. The number of para-hydroxylation sites is 1. The number of likely N-dealkylation sites (tertiary alicyclic amines) is 1. The molecule has 24 heavy (non-hydrogen) atoms. The van der Waals surface area contributed by atoms with Crippen LogP contribution in [0.15, 0.2) is 48.5 Å². The van der Waals surface area contributed by atoms with Gasteiger partial charge in [-0.1, -0.05) is 36.4 Å². The highest BCUT2D eigenvalue weighted by atomic mass is 32.1. The monoisotopic (exact) mass is 336 g/mol. The molecule has 2 heterocycles. The van der Waals surface area contributed by atoms with Crippen molar-refractivity contribution in [2.45, 2.75) is 37.5 Å². The molecule has 3 unspecified atom stereocenters. The molecule has 1 N–H and O–H groups in total. The molecular formula is C20H20N2OS. The van der Waals surface area contributed by atoms with E-state index in [4.69, 9.17) is 4.98 Å². The predicted octanol–water partition coefficient (Wildman–Crippen LogP) is 4.09. The van der Waals surface area contributed by atoms with Crippen LogP contribution in [0.4, 0.5) is 0 Å². The number of aliphatic hydroxyl groups is 1. The zero-order valence-corrected chi connectivity index (χ0v) is 14.2. The molecule has 3 atom stereocenters. The largest absolute Gasteiger partial charge is 0.387 e. The number of rotatable bonds is 2. The van der Waals surface area contributed by atoms with Crippen molar-refractivity contribution in [1.82, 2.24) is 9.88 Å². The molecule has 1 fully saturated rings. The summed E-state index contributed by atoms with van der Waals surface area (Å²) in [6.45, 7) is 1.05. The Morgan fingerprint density at radius 3 is 2.79 bits per heavy atom. The molecule has 122 valence electrons. The molecule has 1 aliphatic heterocycles. The Bertz CT molecular complexity index is 857.